The van der Waals surface area contributed by atoms with Crippen LogP contribution in [0, 0.1) is 11.8 Å². The summed E-state index contributed by atoms with van der Waals surface area (Å²) in [5.41, 5.74) is 6.35. The van der Waals surface area contributed by atoms with Crippen LogP contribution in [0.4, 0.5) is 0 Å². The van der Waals surface area contributed by atoms with E-state index in [1.54, 1.807) is 0 Å². The predicted molar refractivity (Wildman–Crippen MR) is 87.4 cm³/mol. The van der Waals surface area contributed by atoms with Gasteiger partial charge in [-0.2, -0.15) is 0 Å². The summed E-state index contributed by atoms with van der Waals surface area (Å²) in [4.78, 5) is 2.58. The van der Waals surface area contributed by atoms with Crippen molar-refractivity contribution in [2.24, 2.45) is 5.73 Å². The second-order valence-corrected chi connectivity index (χ2v) is 5.61. The minimum atomic E-state index is 0.385. The largest absolute Gasteiger partial charge is 0.492 e. The van der Waals surface area contributed by atoms with Crippen LogP contribution in [0.2, 0.25) is 0 Å². The van der Waals surface area contributed by atoms with Gasteiger partial charge < -0.3 is 10.5 Å². The van der Waals surface area contributed by atoms with Crippen molar-refractivity contribution >= 4 is 0 Å². The van der Waals surface area contributed by atoms with Gasteiger partial charge in [0, 0.05) is 24.2 Å². The standard InChI is InChI=1S/C18H26N2O/c1-3-17-10-9-15(2)20(17)12-13-21-18-8-4-6-16(14-18)7-5-11-19/h4,6,8,14-15,17H,3,9-13,19H2,1-2H3. The third kappa shape index (κ3) is 4.49. The average Bonchev–Trinajstić information content (AvgIpc) is 2.86. The fourth-order valence-electron chi connectivity index (χ4n) is 3.05. The molecule has 2 atom stereocenters. The SMILES string of the molecule is CCC1CCC(C)N1CCOc1cccc(C#CCN)c1. The monoisotopic (exact) mass is 286 g/mol. The molecule has 2 N–H and O–H groups in total. The highest BCUT2D eigenvalue weighted by atomic mass is 16.5. The number of rotatable bonds is 5. The fraction of sp³-hybridized carbons (Fsp3) is 0.556. The molecule has 0 spiro atoms. The maximum absolute atomic E-state index is 5.89. The molecule has 3 heteroatoms. The van der Waals surface area contributed by atoms with E-state index < -0.39 is 0 Å². The number of ether oxygens (including phenoxy) is 1. The lowest BCUT2D eigenvalue weighted by Gasteiger charge is -2.27. The normalized spacial score (nSPS) is 21.9. The van der Waals surface area contributed by atoms with Crippen LogP contribution in [0.5, 0.6) is 5.75 Å². The molecule has 114 valence electrons. The first-order valence-electron chi connectivity index (χ1n) is 7.92. The molecule has 0 saturated carbocycles. The first-order valence-corrected chi connectivity index (χ1v) is 7.92. The highest BCUT2D eigenvalue weighted by Crippen LogP contribution is 2.25. The Labute approximate surface area is 128 Å². The topological polar surface area (TPSA) is 38.5 Å². The lowest BCUT2D eigenvalue weighted by molar-refractivity contribution is 0.159. The van der Waals surface area contributed by atoms with Crippen LogP contribution in [0.25, 0.3) is 0 Å². The summed E-state index contributed by atoms with van der Waals surface area (Å²) < 4.78 is 5.89. The molecule has 1 heterocycles. The molecule has 0 radical (unpaired) electrons. The predicted octanol–water partition coefficient (Wildman–Crippen LogP) is 2.64. The van der Waals surface area contributed by atoms with Crippen molar-refractivity contribution in [2.75, 3.05) is 19.7 Å². The third-order valence-corrected chi connectivity index (χ3v) is 4.21. The summed E-state index contributed by atoms with van der Waals surface area (Å²) in [6, 6.07) is 9.32. The van der Waals surface area contributed by atoms with E-state index in [1.807, 2.05) is 24.3 Å². The van der Waals surface area contributed by atoms with Crippen LogP contribution in [0.15, 0.2) is 24.3 Å². The van der Waals surface area contributed by atoms with Crippen molar-refractivity contribution in [3.05, 3.63) is 29.8 Å². The number of hydrogen-bond acceptors (Lipinski definition) is 3. The van der Waals surface area contributed by atoms with Crippen molar-refractivity contribution in [2.45, 2.75) is 45.2 Å². The Kier molecular flexibility index (Phi) is 6.10. The summed E-state index contributed by atoms with van der Waals surface area (Å²) >= 11 is 0. The van der Waals surface area contributed by atoms with Crippen LogP contribution in [-0.2, 0) is 0 Å². The van der Waals surface area contributed by atoms with E-state index in [0.717, 1.165) is 30.5 Å². The molecule has 1 saturated heterocycles. The molecule has 2 unspecified atom stereocenters. The highest BCUT2D eigenvalue weighted by molar-refractivity contribution is 5.39. The van der Waals surface area contributed by atoms with Gasteiger partial charge in [0.05, 0.1) is 6.54 Å². The molecule has 0 bridgehead atoms. The number of likely N-dealkylation sites (tertiary alicyclic amines) is 1. The average molecular weight is 286 g/mol. The number of hydrogen-bond donors (Lipinski definition) is 1. The zero-order valence-corrected chi connectivity index (χ0v) is 13.1. The van der Waals surface area contributed by atoms with Gasteiger partial charge in [0.25, 0.3) is 0 Å². The van der Waals surface area contributed by atoms with Gasteiger partial charge in [0.1, 0.15) is 12.4 Å². The van der Waals surface area contributed by atoms with Gasteiger partial charge in [-0.25, -0.2) is 0 Å². The molecule has 0 amide bonds. The first-order chi connectivity index (χ1) is 10.2. The maximum atomic E-state index is 5.89. The summed E-state index contributed by atoms with van der Waals surface area (Å²) in [7, 11) is 0. The van der Waals surface area contributed by atoms with Gasteiger partial charge in [0.2, 0.25) is 0 Å². The molecule has 21 heavy (non-hydrogen) atoms. The second kappa shape index (κ2) is 8.07. The molecule has 0 aromatic heterocycles. The number of nitrogens with zero attached hydrogens (tertiary/aromatic N) is 1. The van der Waals surface area contributed by atoms with E-state index >= 15 is 0 Å². The van der Waals surface area contributed by atoms with Crippen LogP contribution in [-0.4, -0.2) is 36.7 Å². The minimum Gasteiger partial charge on any atom is -0.492 e. The van der Waals surface area contributed by atoms with Crippen molar-refractivity contribution in [1.82, 2.24) is 4.90 Å². The third-order valence-electron chi connectivity index (χ3n) is 4.21. The quantitative estimate of drug-likeness (QED) is 0.846. The van der Waals surface area contributed by atoms with Crippen molar-refractivity contribution in [3.8, 4) is 17.6 Å². The first kappa shape index (κ1) is 15.9. The Hall–Kier alpha value is -1.50. The number of benzene rings is 1. The van der Waals surface area contributed by atoms with Gasteiger partial charge in [-0.1, -0.05) is 24.8 Å². The summed E-state index contributed by atoms with van der Waals surface area (Å²) in [5.74, 6) is 6.79. The van der Waals surface area contributed by atoms with Crippen LogP contribution < -0.4 is 10.5 Å². The van der Waals surface area contributed by atoms with E-state index in [-0.39, 0.29) is 0 Å². The van der Waals surface area contributed by atoms with Crippen LogP contribution in [0.1, 0.15) is 38.7 Å². The molecular formula is C18H26N2O. The molecule has 0 aliphatic carbocycles. The second-order valence-electron chi connectivity index (χ2n) is 5.61. The molecule has 1 aliphatic heterocycles. The van der Waals surface area contributed by atoms with E-state index in [9.17, 15) is 0 Å². The van der Waals surface area contributed by atoms with Crippen molar-refractivity contribution < 1.29 is 4.74 Å². The summed E-state index contributed by atoms with van der Waals surface area (Å²) in [5, 5.41) is 0. The van der Waals surface area contributed by atoms with Gasteiger partial charge in [-0.3, -0.25) is 4.90 Å². The Bertz CT molecular complexity index is 503. The molecule has 1 fully saturated rings. The summed E-state index contributed by atoms with van der Waals surface area (Å²) in [6.45, 7) is 6.71. The fourth-order valence-corrected chi connectivity index (χ4v) is 3.05. The zero-order valence-electron chi connectivity index (χ0n) is 13.1. The van der Waals surface area contributed by atoms with Crippen molar-refractivity contribution in [3.63, 3.8) is 0 Å². The molecule has 2 rings (SSSR count). The lowest BCUT2D eigenvalue weighted by Crippen LogP contribution is -2.37. The van der Waals surface area contributed by atoms with Gasteiger partial charge in [0.15, 0.2) is 0 Å². The van der Waals surface area contributed by atoms with Crippen molar-refractivity contribution in [1.29, 1.82) is 0 Å². The molecule has 3 nitrogen and oxygen atoms in total. The minimum absolute atomic E-state index is 0.385. The van der Waals surface area contributed by atoms with Crippen LogP contribution >= 0.6 is 0 Å². The molecule has 1 aromatic rings. The lowest BCUT2D eigenvalue weighted by atomic mass is 10.1. The van der Waals surface area contributed by atoms with E-state index in [2.05, 4.69) is 30.6 Å². The Morgan fingerprint density at radius 3 is 3.00 bits per heavy atom. The number of nitrogens with two attached hydrogens (primary N) is 1. The smallest absolute Gasteiger partial charge is 0.120 e. The zero-order chi connectivity index (χ0) is 15.1. The Morgan fingerprint density at radius 2 is 2.24 bits per heavy atom. The maximum Gasteiger partial charge on any atom is 0.120 e. The molecular weight excluding hydrogens is 260 g/mol. The van der Waals surface area contributed by atoms with E-state index in [1.165, 1.54) is 19.3 Å². The molecule has 1 aliphatic rings. The van der Waals surface area contributed by atoms with Crippen LogP contribution in [0.3, 0.4) is 0 Å². The van der Waals surface area contributed by atoms with Gasteiger partial charge in [-0.15, -0.1) is 0 Å². The highest BCUT2D eigenvalue weighted by Gasteiger charge is 2.28. The molecule has 1 aromatic carbocycles. The van der Waals surface area contributed by atoms with Gasteiger partial charge >= 0.3 is 0 Å². The van der Waals surface area contributed by atoms with E-state index in [0.29, 0.717) is 12.6 Å². The Balaban J connectivity index is 1.85. The van der Waals surface area contributed by atoms with Gasteiger partial charge in [-0.05, 0) is 44.4 Å². The van der Waals surface area contributed by atoms with E-state index in [4.69, 9.17) is 10.5 Å². The Morgan fingerprint density at radius 1 is 1.38 bits per heavy atom. The summed E-state index contributed by atoms with van der Waals surface area (Å²) in [6.07, 6.45) is 3.86.